The molecule has 1 heterocycles. The Morgan fingerprint density at radius 2 is 1.80 bits per heavy atom. The summed E-state index contributed by atoms with van der Waals surface area (Å²) in [6.07, 6.45) is -4.19. The van der Waals surface area contributed by atoms with E-state index in [1.165, 1.54) is 13.8 Å². The highest BCUT2D eigenvalue weighted by Gasteiger charge is 2.47. The van der Waals surface area contributed by atoms with E-state index in [4.69, 9.17) is 15.6 Å². The van der Waals surface area contributed by atoms with Crippen molar-refractivity contribution in [1.29, 1.82) is 0 Å². The normalized spacial score (nSPS) is 43.0. The van der Waals surface area contributed by atoms with E-state index in [2.05, 4.69) is 0 Å². The van der Waals surface area contributed by atoms with Crippen LogP contribution in [-0.4, -0.2) is 63.1 Å². The third-order valence-corrected chi connectivity index (χ3v) is 2.67. The molecule has 0 aromatic rings. The second kappa shape index (κ2) is 4.32. The van der Waals surface area contributed by atoms with Crippen molar-refractivity contribution in [2.75, 3.05) is 6.61 Å². The molecule has 15 heavy (non-hydrogen) atoms. The van der Waals surface area contributed by atoms with E-state index >= 15 is 0 Å². The van der Waals surface area contributed by atoms with Gasteiger partial charge in [0.1, 0.15) is 24.4 Å². The molecule has 1 rings (SSSR count). The smallest absolute Gasteiger partial charge is 0.110 e. The molecule has 90 valence electrons. The summed E-state index contributed by atoms with van der Waals surface area (Å²) >= 11 is 0. The Morgan fingerprint density at radius 3 is 2.20 bits per heavy atom. The molecule has 0 aromatic carbocycles. The Kier molecular flexibility index (Phi) is 3.70. The van der Waals surface area contributed by atoms with Gasteiger partial charge < -0.3 is 30.9 Å². The fraction of sp³-hybridized carbons (Fsp3) is 1.00. The highest BCUT2D eigenvalue weighted by Crippen LogP contribution is 2.26. The van der Waals surface area contributed by atoms with Crippen LogP contribution >= 0.6 is 0 Å². The van der Waals surface area contributed by atoms with E-state index in [1.807, 2.05) is 0 Å². The summed E-state index contributed by atoms with van der Waals surface area (Å²) in [5, 5.41) is 37.8. The van der Waals surface area contributed by atoms with Crippen molar-refractivity contribution in [2.24, 2.45) is 5.73 Å². The molecular weight excluding hydrogens is 202 g/mol. The summed E-state index contributed by atoms with van der Waals surface area (Å²) < 4.78 is 5.26. The van der Waals surface area contributed by atoms with E-state index < -0.39 is 42.7 Å². The monoisotopic (exact) mass is 221 g/mol. The van der Waals surface area contributed by atoms with Crippen molar-refractivity contribution in [3.63, 3.8) is 0 Å². The maximum Gasteiger partial charge on any atom is 0.110 e. The lowest BCUT2D eigenvalue weighted by atomic mass is 9.86. The molecule has 0 saturated carbocycles. The van der Waals surface area contributed by atoms with Crippen molar-refractivity contribution in [1.82, 2.24) is 0 Å². The first-order valence-electron chi connectivity index (χ1n) is 4.89. The van der Waals surface area contributed by atoms with Crippen LogP contribution in [0.15, 0.2) is 0 Å². The Bertz CT molecular complexity index is 215. The number of aliphatic hydroxyl groups excluding tert-OH is 3. The Morgan fingerprint density at radius 1 is 1.27 bits per heavy atom. The number of hydrogen-bond acceptors (Lipinski definition) is 6. The van der Waals surface area contributed by atoms with Gasteiger partial charge in [-0.2, -0.15) is 0 Å². The van der Waals surface area contributed by atoms with Crippen LogP contribution in [-0.2, 0) is 4.74 Å². The minimum Gasteiger partial charge on any atom is -0.394 e. The molecule has 1 aliphatic heterocycles. The van der Waals surface area contributed by atoms with Crippen LogP contribution in [0.2, 0.25) is 0 Å². The summed E-state index contributed by atoms with van der Waals surface area (Å²) in [6, 6.07) is -0.886. The molecule has 0 spiro atoms. The summed E-state index contributed by atoms with van der Waals surface area (Å²) in [6.45, 7) is 2.56. The van der Waals surface area contributed by atoms with Crippen LogP contribution in [0, 0.1) is 0 Å². The minimum absolute atomic E-state index is 0.433. The summed E-state index contributed by atoms with van der Waals surface area (Å²) in [7, 11) is 0. The van der Waals surface area contributed by atoms with Gasteiger partial charge in [0.2, 0.25) is 0 Å². The molecule has 5 unspecified atom stereocenters. The van der Waals surface area contributed by atoms with Crippen LogP contribution in [0.4, 0.5) is 0 Å². The molecule has 1 saturated heterocycles. The number of rotatable bonds is 2. The zero-order chi connectivity index (χ0) is 11.8. The highest BCUT2D eigenvalue weighted by molar-refractivity contribution is 4.99. The summed E-state index contributed by atoms with van der Waals surface area (Å²) in [5.41, 5.74) is 4.40. The van der Waals surface area contributed by atoms with Gasteiger partial charge in [0.15, 0.2) is 0 Å². The molecule has 5 atom stereocenters. The van der Waals surface area contributed by atoms with Gasteiger partial charge in [0.05, 0.1) is 18.2 Å². The molecule has 0 bridgehead atoms. The largest absolute Gasteiger partial charge is 0.394 e. The molecule has 1 aliphatic rings. The van der Waals surface area contributed by atoms with Crippen molar-refractivity contribution in [3.8, 4) is 0 Å². The molecule has 0 radical (unpaired) electrons. The quantitative estimate of drug-likeness (QED) is 0.354. The van der Waals surface area contributed by atoms with Crippen LogP contribution in [0.5, 0.6) is 0 Å². The van der Waals surface area contributed by atoms with Crippen LogP contribution in [0.25, 0.3) is 0 Å². The molecule has 0 aliphatic carbocycles. The van der Waals surface area contributed by atoms with Gasteiger partial charge in [0, 0.05) is 0 Å². The van der Waals surface area contributed by atoms with E-state index in [1.54, 1.807) is 0 Å². The Hall–Kier alpha value is -0.240. The van der Waals surface area contributed by atoms with E-state index in [0.717, 1.165) is 0 Å². The first kappa shape index (κ1) is 12.8. The highest BCUT2D eigenvalue weighted by atomic mass is 16.5. The standard InChI is InChI=1S/C9H19NO5/c1-9(2,14)8-5(10)7(13)6(12)4(3-11)15-8/h4-8,11-14H,3,10H2,1-2H3. The second-order valence-electron chi connectivity index (χ2n) is 4.49. The van der Waals surface area contributed by atoms with Crippen molar-refractivity contribution in [2.45, 2.75) is 49.9 Å². The molecule has 6 nitrogen and oxygen atoms in total. The van der Waals surface area contributed by atoms with Gasteiger partial charge in [-0.05, 0) is 13.8 Å². The van der Waals surface area contributed by atoms with Crippen LogP contribution in [0.1, 0.15) is 13.8 Å². The minimum atomic E-state index is -1.24. The Labute approximate surface area is 88.3 Å². The maximum absolute atomic E-state index is 9.75. The van der Waals surface area contributed by atoms with Crippen molar-refractivity contribution >= 4 is 0 Å². The second-order valence-corrected chi connectivity index (χ2v) is 4.49. The zero-order valence-corrected chi connectivity index (χ0v) is 8.87. The SMILES string of the molecule is CC(C)(O)C1OC(CO)C(O)C(O)C1N. The van der Waals surface area contributed by atoms with E-state index in [9.17, 15) is 15.3 Å². The molecule has 6 heteroatoms. The summed E-state index contributed by atoms with van der Waals surface area (Å²) in [5.74, 6) is 0. The number of nitrogens with two attached hydrogens (primary N) is 1. The molecule has 0 amide bonds. The van der Waals surface area contributed by atoms with E-state index in [0.29, 0.717) is 0 Å². The average Bonchev–Trinajstić information content (AvgIpc) is 2.13. The number of ether oxygens (including phenoxy) is 1. The lowest BCUT2D eigenvalue weighted by Crippen LogP contribution is -2.66. The van der Waals surface area contributed by atoms with Gasteiger partial charge in [0.25, 0.3) is 0 Å². The fourth-order valence-electron chi connectivity index (χ4n) is 1.77. The summed E-state index contributed by atoms with van der Waals surface area (Å²) in [4.78, 5) is 0. The van der Waals surface area contributed by atoms with Gasteiger partial charge in [-0.3, -0.25) is 0 Å². The maximum atomic E-state index is 9.75. The molecular formula is C9H19NO5. The molecule has 0 aromatic heterocycles. The molecule has 6 N–H and O–H groups in total. The first-order valence-corrected chi connectivity index (χ1v) is 4.89. The van der Waals surface area contributed by atoms with Crippen LogP contribution in [0.3, 0.4) is 0 Å². The average molecular weight is 221 g/mol. The first-order chi connectivity index (χ1) is 6.79. The van der Waals surface area contributed by atoms with Crippen LogP contribution < -0.4 is 5.73 Å². The predicted octanol–water partition coefficient (Wildman–Crippen LogP) is -2.43. The van der Waals surface area contributed by atoms with Gasteiger partial charge in [-0.1, -0.05) is 0 Å². The Balaban J connectivity index is 2.83. The van der Waals surface area contributed by atoms with E-state index in [-0.39, 0.29) is 0 Å². The zero-order valence-electron chi connectivity index (χ0n) is 8.87. The third kappa shape index (κ3) is 2.47. The number of hydrogen-bond donors (Lipinski definition) is 5. The van der Waals surface area contributed by atoms with Gasteiger partial charge in [-0.15, -0.1) is 0 Å². The van der Waals surface area contributed by atoms with Crippen molar-refractivity contribution < 1.29 is 25.2 Å². The fourth-order valence-corrected chi connectivity index (χ4v) is 1.77. The number of aliphatic hydroxyl groups is 4. The lowest BCUT2D eigenvalue weighted by molar-refractivity contribution is -0.227. The predicted molar refractivity (Wildman–Crippen MR) is 52.0 cm³/mol. The lowest BCUT2D eigenvalue weighted by Gasteiger charge is -2.45. The topological polar surface area (TPSA) is 116 Å². The van der Waals surface area contributed by atoms with Gasteiger partial charge in [-0.25, -0.2) is 0 Å². The third-order valence-electron chi connectivity index (χ3n) is 2.67. The molecule has 1 fully saturated rings. The van der Waals surface area contributed by atoms with Gasteiger partial charge >= 0.3 is 0 Å². The van der Waals surface area contributed by atoms with Crippen molar-refractivity contribution in [3.05, 3.63) is 0 Å².